The maximum atomic E-state index is 13.7. The lowest BCUT2D eigenvalue weighted by molar-refractivity contribution is 0.0240. The van der Waals surface area contributed by atoms with Crippen molar-refractivity contribution in [2.24, 2.45) is 0 Å². The molecule has 0 spiro atoms. The van der Waals surface area contributed by atoms with Crippen molar-refractivity contribution in [3.63, 3.8) is 0 Å². The van der Waals surface area contributed by atoms with E-state index in [1.807, 2.05) is 38.7 Å². The van der Waals surface area contributed by atoms with E-state index in [4.69, 9.17) is 4.74 Å². The summed E-state index contributed by atoms with van der Waals surface area (Å²) in [6, 6.07) is 10.4. The highest BCUT2D eigenvalue weighted by Crippen LogP contribution is 2.37. The van der Waals surface area contributed by atoms with Crippen LogP contribution < -0.4 is 4.90 Å². The molecule has 1 fully saturated rings. The van der Waals surface area contributed by atoms with Crippen LogP contribution in [0.4, 0.5) is 10.6 Å². The summed E-state index contributed by atoms with van der Waals surface area (Å²) in [5, 5.41) is 0.613. The first kappa shape index (κ1) is 25.7. The molecule has 0 atom stereocenters. The van der Waals surface area contributed by atoms with Gasteiger partial charge in [0.1, 0.15) is 17.7 Å². The Hall–Kier alpha value is -3.99. The number of anilines is 1. The molecule has 1 amide bonds. The molecular formula is C27H30N6O4S. The Kier molecular flexibility index (Phi) is 6.56. The van der Waals surface area contributed by atoms with Gasteiger partial charge in [0.15, 0.2) is 5.65 Å². The predicted molar refractivity (Wildman–Crippen MR) is 145 cm³/mol. The molecular weight excluding hydrogens is 504 g/mol. The number of aromatic nitrogens is 4. The van der Waals surface area contributed by atoms with E-state index in [1.54, 1.807) is 53.8 Å². The average molecular weight is 535 g/mol. The van der Waals surface area contributed by atoms with Crippen LogP contribution in [0, 0.1) is 6.92 Å². The number of ether oxygens (including phenoxy) is 1. The van der Waals surface area contributed by atoms with E-state index in [1.165, 1.54) is 10.3 Å². The fraction of sp³-hybridized carbons (Fsp3) is 0.333. The van der Waals surface area contributed by atoms with Gasteiger partial charge in [-0.3, -0.25) is 4.98 Å². The number of hydrogen-bond donors (Lipinski definition) is 0. The fourth-order valence-corrected chi connectivity index (χ4v) is 5.75. The van der Waals surface area contributed by atoms with Gasteiger partial charge in [-0.15, -0.1) is 0 Å². The van der Waals surface area contributed by atoms with Gasteiger partial charge in [0.05, 0.1) is 10.3 Å². The Labute approximate surface area is 222 Å². The van der Waals surface area contributed by atoms with Crippen molar-refractivity contribution < 1.29 is 17.9 Å². The van der Waals surface area contributed by atoms with Crippen LogP contribution >= 0.6 is 0 Å². The maximum absolute atomic E-state index is 13.7. The summed E-state index contributed by atoms with van der Waals surface area (Å²) < 4.78 is 34.2. The Balaban J connectivity index is 1.57. The third-order valence-corrected chi connectivity index (χ3v) is 7.98. The van der Waals surface area contributed by atoms with Crippen LogP contribution in [-0.4, -0.2) is 70.1 Å². The number of benzene rings is 1. The molecule has 4 heterocycles. The standard InChI is InChI=1S/C27H30N6O4S/c1-19-7-9-21(10-8-19)38(35,36)33-17-22(20-6-5-11-28-16-20)23-24(29-18-30-25(23)33)31-12-14-32(15-13-31)26(34)37-27(2,3)4/h5-11,16-18H,12-15H2,1-4H3. The maximum Gasteiger partial charge on any atom is 0.410 e. The van der Waals surface area contributed by atoms with Crippen molar-refractivity contribution in [1.29, 1.82) is 0 Å². The molecule has 0 N–H and O–H groups in total. The Bertz CT molecular complexity index is 1570. The van der Waals surface area contributed by atoms with Gasteiger partial charge in [-0.1, -0.05) is 23.8 Å². The molecule has 3 aromatic heterocycles. The minimum Gasteiger partial charge on any atom is -0.444 e. The molecule has 11 heteroatoms. The molecule has 1 aliphatic rings. The summed E-state index contributed by atoms with van der Waals surface area (Å²) >= 11 is 0. The van der Waals surface area contributed by atoms with Crippen molar-refractivity contribution in [3.8, 4) is 11.1 Å². The first-order valence-corrected chi connectivity index (χ1v) is 13.8. The zero-order valence-corrected chi connectivity index (χ0v) is 22.6. The summed E-state index contributed by atoms with van der Waals surface area (Å²) in [5.41, 5.74) is 2.08. The van der Waals surface area contributed by atoms with E-state index in [9.17, 15) is 13.2 Å². The van der Waals surface area contributed by atoms with Crippen molar-refractivity contribution in [2.45, 2.75) is 38.2 Å². The minimum absolute atomic E-state index is 0.170. The van der Waals surface area contributed by atoms with Crippen molar-refractivity contribution in [1.82, 2.24) is 23.8 Å². The summed E-state index contributed by atoms with van der Waals surface area (Å²) in [6.07, 6.45) is 5.97. The van der Waals surface area contributed by atoms with Crippen LogP contribution in [0.5, 0.6) is 0 Å². The van der Waals surface area contributed by atoms with Gasteiger partial charge in [-0.25, -0.2) is 27.2 Å². The number of carbonyl (C=O) groups excluding carboxylic acids is 1. The van der Waals surface area contributed by atoms with E-state index in [0.29, 0.717) is 42.9 Å². The van der Waals surface area contributed by atoms with E-state index < -0.39 is 15.6 Å². The summed E-state index contributed by atoms with van der Waals surface area (Å²) in [6.45, 7) is 9.34. The summed E-state index contributed by atoms with van der Waals surface area (Å²) in [4.78, 5) is 29.7. The third-order valence-electron chi connectivity index (χ3n) is 6.31. The third kappa shape index (κ3) is 4.93. The molecule has 198 valence electrons. The van der Waals surface area contributed by atoms with Gasteiger partial charge in [0.25, 0.3) is 10.0 Å². The molecule has 1 aromatic carbocycles. The van der Waals surface area contributed by atoms with Crippen LogP contribution in [0.3, 0.4) is 0 Å². The normalized spacial score (nSPS) is 14.6. The number of amides is 1. The zero-order valence-electron chi connectivity index (χ0n) is 21.8. The van der Waals surface area contributed by atoms with Crippen molar-refractivity contribution in [2.75, 3.05) is 31.1 Å². The van der Waals surface area contributed by atoms with Crippen molar-refractivity contribution in [3.05, 3.63) is 66.9 Å². The topological polar surface area (TPSA) is 111 Å². The van der Waals surface area contributed by atoms with E-state index in [-0.39, 0.29) is 16.6 Å². The van der Waals surface area contributed by atoms with Crippen LogP contribution in [-0.2, 0) is 14.8 Å². The fourth-order valence-electron chi connectivity index (χ4n) is 4.43. The number of hydrogen-bond acceptors (Lipinski definition) is 8. The Morgan fingerprint density at radius 1 is 1.00 bits per heavy atom. The highest BCUT2D eigenvalue weighted by Gasteiger charge is 2.30. The van der Waals surface area contributed by atoms with Crippen LogP contribution in [0.1, 0.15) is 26.3 Å². The monoisotopic (exact) mass is 534 g/mol. The Morgan fingerprint density at radius 3 is 2.34 bits per heavy atom. The quantitative estimate of drug-likeness (QED) is 0.385. The van der Waals surface area contributed by atoms with E-state index >= 15 is 0 Å². The lowest BCUT2D eigenvalue weighted by Gasteiger charge is -2.36. The molecule has 0 bridgehead atoms. The first-order valence-electron chi connectivity index (χ1n) is 12.4. The van der Waals surface area contributed by atoms with Gasteiger partial charge in [-0.2, -0.15) is 0 Å². The van der Waals surface area contributed by atoms with Gasteiger partial charge in [0, 0.05) is 55.9 Å². The lowest BCUT2D eigenvalue weighted by atomic mass is 10.1. The van der Waals surface area contributed by atoms with Gasteiger partial charge in [-0.05, 0) is 45.9 Å². The SMILES string of the molecule is Cc1ccc(S(=O)(=O)n2cc(-c3cccnc3)c3c(N4CCN(C(=O)OC(C)(C)C)CC4)ncnc32)cc1. The molecule has 5 rings (SSSR count). The number of aryl methyl sites for hydroxylation is 1. The summed E-state index contributed by atoms with van der Waals surface area (Å²) in [7, 11) is -3.94. The zero-order chi connectivity index (χ0) is 27.1. The number of fused-ring (bicyclic) bond motifs is 1. The highest BCUT2D eigenvalue weighted by atomic mass is 32.2. The number of piperazine rings is 1. The van der Waals surface area contributed by atoms with E-state index in [0.717, 1.165) is 11.1 Å². The van der Waals surface area contributed by atoms with Gasteiger partial charge in [0.2, 0.25) is 0 Å². The first-order chi connectivity index (χ1) is 18.0. The molecule has 0 radical (unpaired) electrons. The van der Waals surface area contributed by atoms with Crippen LogP contribution in [0.25, 0.3) is 22.2 Å². The molecule has 1 saturated heterocycles. The van der Waals surface area contributed by atoms with Crippen molar-refractivity contribution >= 4 is 33.0 Å². The minimum atomic E-state index is -3.94. The second-order valence-electron chi connectivity index (χ2n) is 10.2. The summed E-state index contributed by atoms with van der Waals surface area (Å²) in [5.74, 6) is 0.607. The van der Waals surface area contributed by atoms with Crippen LogP contribution in [0.15, 0.2) is 66.2 Å². The largest absolute Gasteiger partial charge is 0.444 e. The Morgan fingerprint density at radius 2 is 1.71 bits per heavy atom. The second-order valence-corrected chi connectivity index (χ2v) is 12.1. The number of nitrogens with zero attached hydrogens (tertiary/aromatic N) is 6. The smallest absolute Gasteiger partial charge is 0.410 e. The molecule has 10 nitrogen and oxygen atoms in total. The highest BCUT2D eigenvalue weighted by molar-refractivity contribution is 7.90. The van der Waals surface area contributed by atoms with Crippen LogP contribution in [0.2, 0.25) is 0 Å². The average Bonchev–Trinajstić information content (AvgIpc) is 3.29. The molecule has 4 aromatic rings. The molecule has 0 unspecified atom stereocenters. The molecule has 1 aliphatic heterocycles. The number of rotatable bonds is 4. The van der Waals surface area contributed by atoms with Gasteiger partial charge < -0.3 is 14.5 Å². The predicted octanol–water partition coefficient (Wildman–Crippen LogP) is 4.10. The lowest BCUT2D eigenvalue weighted by Crippen LogP contribution is -2.50. The molecule has 0 saturated carbocycles. The number of carbonyl (C=O) groups is 1. The molecule has 38 heavy (non-hydrogen) atoms. The van der Waals surface area contributed by atoms with E-state index in [2.05, 4.69) is 15.0 Å². The molecule has 0 aliphatic carbocycles. The number of pyridine rings is 1. The second kappa shape index (κ2) is 9.71. The van der Waals surface area contributed by atoms with Gasteiger partial charge >= 0.3 is 6.09 Å².